The van der Waals surface area contributed by atoms with E-state index in [1.807, 2.05) is 24.4 Å². The molecule has 2 N–H and O–H groups in total. The van der Waals surface area contributed by atoms with Gasteiger partial charge in [0.15, 0.2) is 0 Å². The summed E-state index contributed by atoms with van der Waals surface area (Å²) in [6.45, 7) is 1.91. The quantitative estimate of drug-likeness (QED) is 0.835. The lowest BCUT2D eigenvalue weighted by Gasteiger charge is -1.96. The molecular formula is C9H11N3OS. The fourth-order valence-electron chi connectivity index (χ4n) is 1.12. The Bertz CT molecular complexity index is 394. The first-order valence-electron chi connectivity index (χ1n) is 4.38. The van der Waals surface area contributed by atoms with Crippen molar-refractivity contribution in [3.05, 3.63) is 23.4 Å². The summed E-state index contributed by atoms with van der Waals surface area (Å²) in [5.41, 5.74) is 5.63. The van der Waals surface area contributed by atoms with Gasteiger partial charge in [0.25, 0.3) is 0 Å². The smallest absolute Gasteiger partial charge is 0.228 e. The predicted molar refractivity (Wildman–Crippen MR) is 55.0 cm³/mol. The highest BCUT2D eigenvalue weighted by atomic mass is 32.1. The molecule has 0 spiro atoms. The van der Waals surface area contributed by atoms with E-state index < -0.39 is 0 Å². The molecule has 0 radical (unpaired) electrons. The molecule has 4 nitrogen and oxygen atoms in total. The molecule has 2 aromatic rings. The molecule has 5 heteroatoms. The molecule has 1 atom stereocenters. The maximum atomic E-state index is 5.63. The Hall–Kier alpha value is -1.20. The second kappa shape index (κ2) is 3.89. The second-order valence-corrected chi connectivity index (χ2v) is 4.12. The van der Waals surface area contributed by atoms with Crippen molar-refractivity contribution >= 4 is 11.3 Å². The molecular weight excluding hydrogens is 198 g/mol. The minimum Gasteiger partial charge on any atom is -0.339 e. The Morgan fingerprint density at radius 1 is 1.64 bits per heavy atom. The molecule has 0 aliphatic heterocycles. The summed E-state index contributed by atoms with van der Waals surface area (Å²) < 4.78 is 5.06. The van der Waals surface area contributed by atoms with Crippen molar-refractivity contribution in [2.75, 3.05) is 0 Å². The maximum absolute atomic E-state index is 5.63. The van der Waals surface area contributed by atoms with Crippen LogP contribution in [0.4, 0.5) is 0 Å². The molecule has 0 fully saturated rings. The minimum atomic E-state index is 0.0478. The summed E-state index contributed by atoms with van der Waals surface area (Å²) in [6, 6.07) is 3.97. The molecule has 14 heavy (non-hydrogen) atoms. The van der Waals surface area contributed by atoms with E-state index >= 15 is 0 Å². The van der Waals surface area contributed by atoms with E-state index in [0.29, 0.717) is 18.1 Å². The number of hydrogen-bond acceptors (Lipinski definition) is 5. The first-order valence-corrected chi connectivity index (χ1v) is 5.25. The number of aromatic nitrogens is 2. The van der Waals surface area contributed by atoms with Crippen LogP contribution in [0.15, 0.2) is 22.0 Å². The van der Waals surface area contributed by atoms with Crippen molar-refractivity contribution in [2.45, 2.75) is 19.4 Å². The third-order valence-corrected chi connectivity index (χ3v) is 2.57. The molecule has 0 saturated heterocycles. The molecule has 1 unspecified atom stereocenters. The molecule has 2 heterocycles. The van der Waals surface area contributed by atoms with Crippen molar-refractivity contribution in [1.29, 1.82) is 0 Å². The van der Waals surface area contributed by atoms with Gasteiger partial charge in [-0.15, -0.1) is 11.3 Å². The van der Waals surface area contributed by atoms with Gasteiger partial charge in [-0.3, -0.25) is 0 Å². The van der Waals surface area contributed by atoms with Crippen LogP contribution < -0.4 is 5.73 Å². The van der Waals surface area contributed by atoms with Crippen molar-refractivity contribution in [2.24, 2.45) is 5.73 Å². The molecule has 74 valence electrons. The van der Waals surface area contributed by atoms with Gasteiger partial charge >= 0.3 is 0 Å². The molecule has 2 rings (SSSR count). The van der Waals surface area contributed by atoms with Gasteiger partial charge in [-0.25, -0.2) is 0 Å². The average molecular weight is 209 g/mol. The first-order chi connectivity index (χ1) is 6.75. The summed E-state index contributed by atoms with van der Waals surface area (Å²) in [4.78, 5) is 5.26. The Kier molecular flexibility index (Phi) is 2.60. The highest BCUT2D eigenvalue weighted by Gasteiger charge is 2.10. The fourth-order valence-corrected chi connectivity index (χ4v) is 1.77. The van der Waals surface area contributed by atoms with Gasteiger partial charge in [-0.2, -0.15) is 4.98 Å². The third-order valence-electron chi connectivity index (χ3n) is 1.71. The number of hydrogen-bond donors (Lipinski definition) is 1. The zero-order valence-corrected chi connectivity index (χ0v) is 8.62. The molecule has 0 aliphatic rings. The largest absolute Gasteiger partial charge is 0.339 e. The number of rotatable bonds is 3. The molecule has 2 aromatic heterocycles. The minimum absolute atomic E-state index is 0.0478. The van der Waals surface area contributed by atoms with Crippen LogP contribution in [0.25, 0.3) is 10.7 Å². The van der Waals surface area contributed by atoms with Crippen LogP contribution in [0.5, 0.6) is 0 Å². The van der Waals surface area contributed by atoms with Gasteiger partial charge in [-0.1, -0.05) is 11.2 Å². The van der Waals surface area contributed by atoms with Crippen LogP contribution in [0, 0.1) is 0 Å². The van der Waals surface area contributed by atoms with Gasteiger partial charge in [0.1, 0.15) is 0 Å². The van der Waals surface area contributed by atoms with Crippen LogP contribution in [0.3, 0.4) is 0 Å². The third kappa shape index (κ3) is 2.00. The van der Waals surface area contributed by atoms with Crippen LogP contribution in [-0.4, -0.2) is 16.2 Å². The standard InChI is InChI=1S/C9H11N3OS/c1-6(10)5-8-11-9(12-13-8)7-3-2-4-14-7/h2-4,6H,5,10H2,1H3. The van der Waals surface area contributed by atoms with E-state index in [0.717, 1.165) is 4.88 Å². The van der Waals surface area contributed by atoms with Gasteiger partial charge in [0, 0.05) is 12.5 Å². The van der Waals surface area contributed by atoms with Crippen LogP contribution in [0.1, 0.15) is 12.8 Å². The average Bonchev–Trinajstić information content (AvgIpc) is 2.69. The van der Waals surface area contributed by atoms with Gasteiger partial charge in [0.2, 0.25) is 11.7 Å². The van der Waals surface area contributed by atoms with Gasteiger partial charge in [-0.05, 0) is 18.4 Å². The maximum Gasteiger partial charge on any atom is 0.228 e. The highest BCUT2D eigenvalue weighted by molar-refractivity contribution is 7.13. The van der Waals surface area contributed by atoms with Gasteiger partial charge < -0.3 is 10.3 Å². The summed E-state index contributed by atoms with van der Waals surface area (Å²) in [6.07, 6.45) is 0.623. The van der Waals surface area contributed by atoms with Crippen molar-refractivity contribution in [1.82, 2.24) is 10.1 Å². The lowest BCUT2D eigenvalue weighted by atomic mass is 10.2. The summed E-state index contributed by atoms with van der Waals surface area (Å²) in [5.74, 6) is 1.25. The molecule has 0 aromatic carbocycles. The Morgan fingerprint density at radius 3 is 3.14 bits per heavy atom. The van der Waals surface area contributed by atoms with E-state index in [1.165, 1.54) is 0 Å². The lowest BCUT2D eigenvalue weighted by molar-refractivity contribution is 0.372. The Balaban J connectivity index is 2.18. The molecule has 0 aliphatic carbocycles. The summed E-state index contributed by atoms with van der Waals surface area (Å²) in [7, 11) is 0. The Labute approximate surface area is 85.7 Å². The van der Waals surface area contributed by atoms with Crippen LogP contribution in [0.2, 0.25) is 0 Å². The van der Waals surface area contributed by atoms with E-state index in [9.17, 15) is 0 Å². The second-order valence-electron chi connectivity index (χ2n) is 3.17. The van der Waals surface area contributed by atoms with Crippen LogP contribution >= 0.6 is 11.3 Å². The monoisotopic (exact) mass is 209 g/mol. The van der Waals surface area contributed by atoms with Crippen molar-refractivity contribution in [3.63, 3.8) is 0 Å². The SMILES string of the molecule is CC(N)Cc1nc(-c2cccs2)no1. The highest BCUT2D eigenvalue weighted by Crippen LogP contribution is 2.21. The van der Waals surface area contributed by atoms with Crippen molar-refractivity contribution < 1.29 is 4.52 Å². The normalized spacial score (nSPS) is 13.0. The summed E-state index contributed by atoms with van der Waals surface area (Å²) in [5, 5.41) is 5.86. The molecule has 0 amide bonds. The van der Waals surface area contributed by atoms with Crippen molar-refractivity contribution in [3.8, 4) is 10.7 Å². The lowest BCUT2D eigenvalue weighted by Crippen LogP contribution is -2.17. The van der Waals surface area contributed by atoms with Crippen LogP contribution in [-0.2, 0) is 6.42 Å². The predicted octanol–water partition coefficient (Wildman–Crippen LogP) is 1.69. The number of thiophene rings is 1. The van der Waals surface area contributed by atoms with E-state index in [-0.39, 0.29) is 6.04 Å². The zero-order valence-electron chi connectivity index (χ0n) is 7.80. The fraction of sp³-hybridized carbons (Fsp3) is 0.333. The Morgan fingerprint density at radius 2 is 2.50 bits per heavy atom. The zero-order chi connectivity index (χ0) is 9.97. The molecule has 0 bridgehead atoms. The van der Waals surface area contributed by atoms with E-state index in [1.54, 1.807) is 11.3 Å². The molecule has 0 saturated carbocycles. The topological polar surface area (TPSA) is 64.9 Å². The van der Waals surface area contributed by atoms with E-state index in [2.05, 4.69) is 10.1 Å². The van der Waals surface area contributed by atoms with Gasteiger partial charge in [0.05, 0.1) is 4.88 Å². The van der Waals surface area contributed by atoms with E-state index in [4.69, 9.17) is 10.3 Å². The first kappa shape index (κ1) is 9.36. The summed E-state index contributed by atoms with van der Waals surface area (Å²) >= 11 is 1.59. The number of nitrogens with two attached hydrogens (primary N) is 1. The number of nitrogens with zero attached hydrogens (tertiary/aromatic N) is 2.